The number of ether oxygens (including phenoxy) is 1. The summed E-state index contributed by atoms with van der Waals surface area (Å²) in [5.74, 6) is 1.01. The van der Waals surface area contributed by atoms with E-state index < -0.39 is 5.60 Å². The molecule has 0 spiro atoms. The third-order valence-electron chi connectivity index (χ3n) is 4.50. The molecule has 0 bridgehead atoms. The molecule has 1 saturated heterocycles. The Kier molecular flexibility index (Phi) is 5.26. The minimum absolute atomic E-state index is 0.252. The normalized spacial score (nSPS) is 15.0. The molecule has 27 heavy (non-hydrogen) atoms. The second-order valence-electron chi connectivity index (χ2n) is 7.78. The molecule has 0 unspecified atom stereocenters. The van der Waals surface area contributed by atoms with Crippen molar-refractivity contribution in [3.05, 3.63) is 41.7 Å². The largest absolute Gasteiger partial charge is 0.453 e. The summed E-state index contributed by atoms with van der Waals surface area (Å²) in [4.78, 5) is 27.0. The van der Waals surface area contributed by atoms with Gasteiger partial charge in [-0.1, -0.05) is 0 Å². The highest BCUT2D eigenvalue weighted by Gasteiger charge is 2.26. The average Bonchev–Trinajstić information content (AvgIpc) is 3.09. The molecule has 2 aromatic rings. The molecule has 1 aliphatic heterocycles. The number of furan rings is 1. The SMILES string of the molecule is Cc1cc(-c2ccc(C=O)o2)ccc1N1CCN(C(=O)OC(C)(C)C)CC1. The van der Waals surface area contributed by atoms with Crippen molar-refractivity contribution >= 4 is 18.1 Å². The van der Waals surface area contributed by atoms with Gasteiger partial charge in [-0.15, -0.1) is 0 Å². The van der Waals surface area contributed by atoms with Crippen molar-refractivity contribution in [2.24, 2.45) is 0 Å². The molecule has 0 N–H and O–H groups in total. The van der Waals surface area contributed by atoms with Gasteiger partial charge in [-0.2, -0.15) is 0 Å². The smallest absolute Gasteiger partial charge is 0.410 e. The van der Waals surface area contributed by atoms with Crippen molar-refractivity contribution < 1.29 is 18.7 Å². The van der Waals surface area contributed by atoms with Crippen LogP contribution in [0.2, 0.25) is 0 Å². The zero-order valence-electron chi connectivity index (χ0n) is 16.3. The van der Waals surface area contributed by atoms with E-state index in [0.29, 0.717) is 30.9 Å². The summed E-state index contributed by atoms with van der Waals surface area (Å²) in [7, 11) is 0. The number of aryl methyl sites for hydroxylation is 1. The number of piperazine rings is 1. The van der Waals surface area contributed by atoms with Crippen LogP contribution in [0.25, 0.3) is 11.3 Å². The molecule has 0 atom stereocenters. The van der Waals surface area contributed by atoms with Crippen molar-refractivity contribution in [1.29, 1.82) is 0 Å². The second kappa shape index (κ2) is 7.47. The summed E-state index contributed by atoms with van der Waals surface area (Å²) in [6.07, 6.45) is 0.451. The van der Waals surface area contributed by atoms with Gasteiger partial charge >= 0.3 is 6.09 Å². The van der Waals surface area contributed by atoms with Gasteiger partial charge in [0, 0.05) is 37.4 Å². The summed E-state index contributed by atoms with van der Waals surface area (Å²) in [6.45, 7) is 10.5. The van der Waals surface area contributed by atoms with Gasteiger partial charge in [-0.05, 0) is 63.6 Å². The maximum atomic E-state index is 12.2. The Hall–Kier alpha value is -2.76. The molecule has 1 amide bonds. The van der Waals surface area contributed by atoms with Gasteiger partial charge in [0.25, 0.3) is 0 Å². The number of carbonyl (C=O) groups is 2. The summed E-state index contributed by atoms with van der Waals surface area (Å²) in [5, 5.41) is 0. The van der Waals surface area contributed by atoms with Gasteiger partial charge in [0.1, 0.15) is 11.4 Å². The van der Waals surface area contributed by atoms with E-state index in [9.17, 15) is 9.59 Å². The fourth-order valence-corrected chi connectivity index (χ4v) is 3.19. The lowest BCUT2D eigenvalue weighted by molar-refractivity contribution is 0.0240. The summed E-state index contributed by atoms with van der Waals surface area (Å²) in [6, 6.07) is 9.59. The van der Waals surface area contributed by atoms with Gasteiger partial charge < -0.3 is 19.0 Å². The number of carbonyl (C=O) groups excluding carboxylic acids is 2. The second-order valence-corrected chi connectivity index (χ2v) is 7.78. The number of aldehydes is 1. The zero-order valence-corrected chi connectivity index (χ0v) is 16.3. The van der Waals surface area contributed by atoms with Crippen molar-refractivity contribution in [3.63, 3.8) is 0 Å². The molecule has 1 aliphatic rings. The minimum atomic E-state index is -0.476. The van der Waals surface area contributed by atoms with Crippen molar-refractivity contribution in [2.75, 3.05) is 31.1 Å². The molecule has 0 radical (unpaired) electrons. The van der Waals surface area contributed by atoms with Gasteiger partial charge in [0.05, 0.1) is 0 Å². The van der Waals surface area contributed by atoms with Crippen LogP contribution in [0.3, 0.4) is 0 Å². The van der Waals surface area contributed by atoms with E-state index in [2.05, 4.69) is 24.0 Å². The van der Waals surface area contributed by atoms with Crippen molar-refractivity contribution in [3.8, 4) is 11.3 Å². The Morgan fingerprint density at radius 1 is 1.11 bits per heavy atom. The summed E-state index contributed by atoms with van der Waals surface area (Å²) >= 11 is 0. The molecule has 6 heteroatoms. The molecule has 1 aromatic carbocycles. The van der Waals surface area contributed by atoms with Crippen LogP contribution in [0.4, 0.5) is 10.5 Å². The monoisotopic (exact) mass is 370 g/mol. The van der Waals surface area contributed by atoms with Crippen molar-refractivity contribution in [1.82, 2.24) is 4.90 Å². The van der Waals surface area contributed by atoms with Crippen LogP contribution in [0.5, 0.6) is 0 Å². The first-order valence-electron chi connectivity index (χ1n) is 9.16. The fraction of sp³-hybridized carbons (Fsp3) is 0.429. The van der Waals surface area contributed by atoms with Gasteiger partial charge in [0.15, 0.2) is 12.0 Å². The maximum absolute atomic E-state index is 12.2. The molecule has 1 aromatic heterocycles. The molecule has 0 saturated carbocycles. The van der Waals surface area contributed by atoms with Crippen LogP contribution in [-0.4, -0.2) is 49.1 Å². The number of nitrogens with zero attached hydrogens (tertiary/aromatic N) is 2. The highest BCUT2D eigenvalue weighted by Crippen LogP contribution is 2.29. The lowest BCUT2D eigenvalue weighted by Crippen LogP contribution is -2.50. The highest BCUT2D eigenvalue weighted by molar-refractivity contribution is 5.74. The predicted molar refractivity (Wildman–Crippen MR) is 104 cm³/mol. The summed E-state index contributed by atoms with van der Waals surface area (Å²) < 4.78 is 11.0. The van der Waals surface area contributed by atoms with E-state index in [1.54, 1.807) is 17.0 Å². The molecule has 3 rings (SSSR count). The van der Waals surface area contributed by atoms with E-state index in [0.717, 1.165) is 29.9 Å². The van der Waals surface area contributed by atoms with Gasteiger partial charge in [-0.3, -0.25) is 4.79 Å². The Balaban J connectivity index is 1.66. The first-order valence-corrected chi connectivity index (χ1v) is 9.16. The number of rotatable bonds is 3. The third kappa shape index (κ3) is 4.51. The third-order valence-corrected chi connectivity index (χ3v) is 4.50. The van der Waals surface area contributed by atoms with Crippen LogP contribution >= 0.6 is 0 Å². The van der Waals surface area contributed by atoms with Gasteiger partial charge in [-0.25, -0.2) is 4.79 Å². The number of anilines is 1. The van der Waals surface area contributed by atoms with E-state index in [1.165, 1.54) is 0 Å². The topological polar surface area (TPSA) is 63.0 Å². The Labute approximate surface area is 159 Å². The van der Waals surface area contributed by atoms with Crippen LogP contribution in [0.15, 0.2) is 34.7 Å². The molecule has 2 heterocycles. The Bertz CT molecular complexity index is 827. The minimum Gasteiger partial charge on any atom is -0.453 e. The first-order chi connectivity index (χ1) is 12.8. The highest BCUT2D eigenvalue weighted by atomic mass is 16.6. The predicted octanol–water partition coefficient (Wildman–Crippen LogP) is 4.12. The summed E-state index contributed by atoms with van der Waals surface area (Å²) in [5.41, 5.74) is 2.74. The molecular formula is C21H26N2O4. The maximum Gasteiger partial charge on any atom is 0.410 e. The van der Waals surface area contributed by atoms with Crippen LogP contribution < -0.4 is 4.90 Å². The van der Waals surface area contributed by atoms with E-state index in [-0.39, 0.29) is 6.09 Å². The molecule has 6 nitrogen and oxygen atoms in total. The van der Waals surface area contributed by atoms with E-state index in [4.69, 9.17) is 9.15 Å². The number of amides is 1. The number of hydrogen-bond acceptors (Lipinski definition) is 5. The fourth-order valence-electron chi connectivity index (χ4n) is 3.19. The number of benzene rings is 1. The molecular weight excluding hydrogens is 344 g/mol. The molecule has 1 fully saturated rings. The quantitative estimate of drug-likeness (QED) is 0.761. The zero-order chi connectivity index (χ0) is 19.6. The Morgan fingerprint density at radius 2 is 1.81 bits per heavy atom. The standard InChI is InChI=1S/C21H26N2O4/c1-15-13-16(19-8-6-17(14-24)26-19)5-7-18(15)22-9-11-23(12-10-22)20(25)27-21(2,3)4/h5-8,13-14H,9-12H2,1-4H3. The average molecular weight is 370 g/mol. The first kappa shape index (κ1) is 19.0. The van der Waals surface area contributed by atoms with Crippen LogP contribution in [-0.2, 0) is 4.74 Å². The molecule has 144 valence electrons. The van der Waals surface area contributed by atoms with E-state index >= 15 is 0 Å². The van der Waals surface area contributed by atoms with Crippen LogP contribution in [0, 0.1) is 6.92 Å². The van der Waals surface area contributed by atoms with Crippen LogP contribution in [0.1, 0.15) is 36.9 Å². The van der Waals surface area contributed by atoms with Crippen molar-refractivity contribution in [2.45, 2.75) is 33.3 Å². The van der Waals surface area contributed by atoms with E-state index in [1.807, 2.05) is 26.8 Å². The lowest BCUT2D eigenvalue weighted by Gasteiger charge is -2.37. The molecule has 0 aliphatic carbocycles. The van der Waals surface area contributed by atoms with Gasteiger partial charge in [0.2, 0.25) is 0 Å². The lowest BCUT2D eigenvalue weighted by atomic mass is 10.1. The Morgan fingerprint density at radius 3 is 2.37 bits per heavy atom. The number of hydrogen-bond donors (Lipinski definition) is 0.